The van der Waals surface area contributed by atoms with Crippen molar-refractivity contribution in [2.24, 2.45) is 5.92 Å². The largest absolute Gasteiger partial charge is 0.493 e. The SMILES string of the molecule is COc1ccc(C(=O)N2CCC(C(=O)Nc3ccc(C(C)C)cc3)CC2)cc1OC. The number of likely N-dealkylation sites (tertiary alicyclic amines) is 1. The highest BCUT2D eigenvalue weighted by Crippen LogP contribution is 2.29. The molecule has 1 fully saturated rings. The van der Waals surface area contributed by atoms with Gasteiger partial charge in [-0.15, -0.1) is 0 Å². The quantitative estimate of drug-likeness (QED) is 0.770. The Morgan fingerprint density at radius 3 is 2.17 bits per heavy atom. The van der Waals surface area contributed by atoms with Crippen molar-refractivity contribution in [2.45, 2.75) is 32.6 Å². The first kappa shape index (κ1) is 21.7. The van der Waals surface area contributed by atoms with Gasteiger partial charge in [0.25, 0.3) is 5.91 Å². The molecule has 1 saturated heterocycles. The van der Waals surface area contributed by atoms with Gasteiger partial charge in [0.2, 0.25) is 5.91 Å². The average Bonchev–Trinajstić information content (AvgIpc) is 2.78. The van der Waals surface area contributed by atoms with Gasteiger partial charge < -0.3 is 19.7 Å². The molecule has 30 heavy (non-hydrogen) atoms. The van der Waals surface area contributed by atoms with Crippen LogP contribution in [0.3, 0.4) is 0 Å². The Balaban J connectivity index is 1.56. The molecule has 0 unspecified atom stereocenters. The molecule has 0 atom stereocenters. The van der Waals surface area contributed by atoms with Crippen LogP contribution in [-0.4, -0.2) is 44.0 Å². The van der Waals surface area contributed by atoms with E-state index >= 15 is 0 Å². The van der Waals surface area contributed by atoms with Crippen molar-refractivity contribution in [1.82, 2.24) is 4.90 Å². The summed E-state index contributed by atoms with van der Waals surface area (Å²) in [6.07, 6.45) is 1.30. The number of amides is 2. The molecule has 0 bridgehead atoms. The number of nitrogens with zero attached hydrogens (tertiary/aromatic N) is 1. The molecule has 0 aliphatic carbocycles. The van der Waals surface area contributed by atoms with Crippen LogP contribution >= 0.6 is 0 Å². The second-order valence-corrected chi connectivity index (χ2v) is 7.90. The molecule has 2 amide bonds. The summed E-state index contributed by atoms with van der Waals surface area (Å²) in [6, 6.07) is 13.2. The smallest absolute Gasteiger partial charge is 0.253 e. The maximum atomic E-state index is 12.9. The molecule has 2 aromatic carbocycles. The number of piperidine rings is 1. The van der Waals surface area contributed by atoms with E-state index < -0.39 is 0 Å². The molecule has 6 nitrogen and oxygen atoms in total. The number of rotatable bonds is 6. The molecule has 1 aliphatic heterocycles. The van der Waals surface area contributed by atoms with E-state index in [4.69, 9.17) is 9.47 Å². The molecule has 0 spiro atoms. The zero-order valence-electron chi connectivity index (χ0n) is 18.1. The normalized spacial score (nSPS) is 14.5. The van der Waals surface area contributed by atoms with E-state index in [1.165, 1.54) is 5.56 Å². The molecule has 1 N–H and O–H groups in total. The lowest BCUT2D eigenvalue weighted by Crippen LogP contribution is -2.41. The van der Waals surface area contributed by atoms with E-state index in [-0.39, 0.29) is 17.7 Å². The predicted octanol–water partition coefficient (Wildman–Crippen LogP) is 4.32. The lowest BCUT2D eigenvalue weighted by molar-refractivity contribution is -0.121. The number of hydrogen-bond acceptors (Lipinski definition) is 4. The molecule has 1 aliphatic rings. The molecule has 1 heterocycles. The number of carbonyl (C=O) groups is 2. The summed E-state index contributed by atoms with van der Waals surface area (Å²) in [4.78, 5) is 27.3. The van der Waals surface area contributed by atoms with Gasteiger partial charge in [0.05, 0.1) is 14.2 Å². The maximum Gasteiger partial charge on any atom is 0.253 e. The van der Waals surface area contributed by atoms with E-state index in [9.17, 15) is 9.59 Å². The van der Waals surface area contributed by atoms with Gasteiger partial charge in [0.15, 0.2) is 11.5 Å². The van der Waals surface area contributed by atoms with Gasteiger partial charge >= 0.3 is 0 Å². The van der Waals surface area contributed by atoms with E-state index in [0.717, 1.165) is 5.69 Å². The second-order valence-electron chi connectivity index (χ2n) is 7.90. The van der Waals surface area contributed by atoms with Crippen LogP contribution in [0.15, 0.2) is 42.5 Å². The highest BCUT2D eigenvalue weighted by Gasteiger charge is 2.28. The lowest BCUT2D eigenvalue weighted by atomic mass is 9.95. The Morgan fingerprint density at radius 2 is 1.60 bits per heavy atom. The summed E-state index contributed by atoms with van der Waals surface area (Å²) in [5, 5.41) is 3.01. The van der Waals surface area contributed by atoms with Crippen LogP contribution in [0.1, 0.15) is 48.5 Å². The monoisotopic (exact) mass is 410 g/mol. The van der Waals surface area contributed by atoms with Crippen LogP contribution in [0.25, 0.3) is 0 Å². The van der Waals surface area contributed by atoms with Crippen LogP contribution in [0.5, 0.6) is 11.5 Å². The van der Waals surface area contributed by atoms with Gasteiger partial charge in [-0.25, -0.2) is 0 Å². The fourth-order valence-corrected chi connectivity index (χ4v) is 3.69. The maximum absolute atomic E-state index is 12.9. The Hall–Kier alpha value is -3.02. The third kappa shape index (κ3) is 4.93. The van der Waals surface area contributed by atoms with E-state index in [2.05, 4.69) is 19.2 Å². The third-order valence-electron chi connectivity index (χ3n) is 5.63. The summed E-state index contributed by atoms with van der Waals surface area (Å²) >= 11 is 0. The van der Waals surface area contributed by atoms with Crippen molar-refractivity contribution >= 4 is 17.5 Å². The fourth-order valence-electron chi connectivity index (χ4n) is 3.69. The standard InChI is InChI=1S/C24H30N2O4/c1-16(2)17-5-8-20(9-6-17)25-23(27)18-11-13-26(14-12-18)24(28)19-7-10-21(29-3)22(15-19)30-4/h5-10,15-16,18H,11-14H2,1-4H3,(H,25,27). The van der Waals surface area contributed by atoms with Crippen molar-refractivity contribution < 1.29 is 19.1 Å². The van der Waals surface area contributed by atoms with E-state index in [0.29, 0.717) is 48.9 Å². The Bertz CT molecular complexity index is 885. The number of nitrogens with one attached hydrogen (secondary N) is 1. The minimum absolute atomic E-state index is 0.0190. The predicted molar refractivity (Wildman–Crippen MR) is 117 cm³/mol. The Morgan fingerprint density at radius 1 is 0.967 bits per heavy atom. The molecule has 3 rings (SSSR count). The highest BCUT2D eigenvalue weighted by molar-refractivity contribution is 5.96. The summed E-state index contributed by atoms with van der Waals surface area (Å²) < 4.78 is 10.5. The first-order chi connectivity index (χ1) is 14.4. The molecule has 0 aromatic heterocycles. The van der Waals surface area contributed by atoms with Gasteiger partial charge in [-0.2, -0.15) is 0 Å². The van der Waals surface area contributed by atoms with Crippen molar-refractivity contribution in [3.63, 3.8) is 0 Å². The molecular weight excluding hydrogens is 380 g/mol. The second kappa shape index (κ2) is 9.65. The Kier molecular flexibility index (Phi) is 6.98. The average molecular weight is 411 g/mol. The number of hydrogen-bond donors (Lipinski definition) is 1. The van der Waals surface area contributed by atoms with E-state index in [1.54, 1.807) is 37.3 Å². The number of carbonyl (C=O) groups excluding carboxylic acids is 2. The lowest BCUT2D eigenvalue weighted by Gasteiger charge is -2.31. The first-order valence-corrected chi connectivity index (χ1v) is 10.3. The zero-order valence-corrected chi connectivity index (χ0v) is 18.1. The molecule has 160 valence electrons. The van der Waals surface area contributed by atoms with Crippen molar-refractivity contribution in [3.05, 3.63) is 53.6 Å². The third-order valence-corrected chi connectivity index (χ3v) is 5.63. The number of methoxy groups -OCH3 is 2. The van der Waals surface area contributed by atoms with Crippen LogP contribution in [0.4, 0.5) is 5.69 Å². The molecule has 6 heteroatoms. The molecular formula is C24H30N2O4. The topological polar surface area (TPSA) is 67.9 Å². The van der Waals surface area contributed by atoms with Crippen molar-refractivity contribution in [1.29, 1.82) is 0 Å². The zero-order chi connectivity index (χ0) is 21.7. The first-order valence-electron chi connectivity index (χ1n) is 10.3. The molecule has 0 radical (unpaired) electrons. The summed E-state index contributed by atoms with van der Waals surface area (Å²) in [7, 11) is 3.11. The number of ether oxygens (including phenoxy) is 2. The van der Waals surface area contributed by atoms with Crippen LogP contribution in [0.2, 0.25) is 0 Å². The number of anilines is 1. The van der Waals surface area contributed by atoms with Crippen LogP contribution < -0.4 is 14.8 Å². The highest BCUT2D eigenvalue weighted by atomic mass is 16.5. The fraction of sp³-hybridized carbons (Fsp3) is 0.417. The minimum Gasteiger partial charge on any atom is -0.493 e. The molecule has 2 aromatic rings. The van der Waals surface area contributed by atoms with Crippen molar-refractivity contribution in [2.75, 3.05) is 32.6 Å². The van der Waals surface area contributed by atoms with Gasteiger partial charge in [-0.3, -0.25) is 9.59 Å². The summed E-state index contributed by atoms with van der Waals surface area (Å²) in [6.45, 7) is 5.39. The van der Waals surface area contributed by atoms with Crippen LogP contribution in [0, 0.1) is 5.92 Å². The van der Waals surface area contributed by atoms with Gasteiger partial charge in [-0.1, -0.05) is 26.0 Å². The van der Waals surface area contributed by atoms with Gasteiger partial charge in [0.1, 0.15) is 0 Å². The summed E-state index contributed by atoms with van der Waals surface area (Å²) in [5.74, 6) is 1.45. The van der Waals surface area contributed by atoms with Gasteiger partial charge in [0, 0.05) is 30.3 Å². The summed E-state index contributed by atoms with van der Waals surface area (Å²) in [5.41, 5.74) is 2.61. The van der Waals surface area contributed by atoms with Gasteiger partial charge in [-0.05, 0) is 54.7 Å². The molecule has 0 saturated carbocycles. The van der Waals surface area contributed by atoms with E-state index in [1.807, 2.05) is 24.3 Å². The van der Waals surface area contributed by atoms with Crippen LogP contribution in [-0.2, 0) is 4.79 Å². The van der Waals surface area contributed by atoms with Crippen molar-refractivity contribution in [3.8, 4) is 11.5 Å². The Labute approximate surface area is 178 Å². The number of benzene rings is 2. The minimum atomic E-state index is -0.0933.